The van der Waals surface area contributed by atoms with Crippen molar-refractivity contribution >= 4 is 44.8 Å². The fourth-order valence-corrected chi connectivity index (χ4v) is 3.98. The molecule has 0 radical (unpaired) electrons. The van der Waals surface area contributed by atoms with Gasteiger partial charge in [-0.25, -0.2) is 0 Å². The van der Waals surface area contributed by atoms with E-state index >= 15 is 0 Å². The van der Waals surface area contributed by atoms with Crippen LogP contribution in [0.3, 0.4) is 0 Å². The molecule has 0 unspecified atom stereocenters. The first-order valence-corrected chi connectivity index (χ1v) is 10.1. The van der Waals surface area contributed by atoms with Crippen molar-refractivity contribution < 1.29 is 9.21 Å². The standard InChI is InChI=1S/C19H21BrClN3O2/c20-17-7-6-16(26-17)19(25)22-15-3-1-2-14(21)18(15)24-10-8-23(9-11-24)12-13-4-5-13/h1-3,6-7,13H,4-5,8-12H2,(H,22,25). The minimum Gasteiger partial charge on any atom is -0.444 e. The molecule has 1 aromatic carbocycles. The van der Waals surface area contributed by atoms with Crippen molar-refractivity contribution in [3.63, 3.8) is 0 Å². The Labute approximate surface area is 166 Å². The van der Waals surface area contributed by atoms with E-state index in [9.17, 15) is 4.79 Å². The molecule has 1 aromatic heterocycles. The normalized spacial score (nSPS) is 18.2. The van der Waals surface area contributed by atoms with Crippen LogP contribution in [0.15, 0.2) is 39.4 Å². The molecule has 1 saturated heterocycles. The molecule has 1 N–H and O–H groups in total. The number of carbonyl (C=O) groups excluding carboxylic acids is 1. The van der Waals surface area contributed by atoms with E-state index in [1.54, 1.807) is 12.1 Å². The van der Waals surface area contributed by atoms with E-state index in [1.807, 2.05) is 18.2 Å². The highest BCUT2D eigenvalue weighted by atomic mass is 79.9. The van der Waals surface area contributed by atoms with Gasteiger partial charge in [-0.3, -0.25) is 9.69 Å². The molecule has 2 fully saturated rings. The molecule has 7 heteroatoms. The third-order valence-electron chi connectivity index (χ3n) is 4.93. The van der Waals surface area contributed by atoms with Crippen LogP contribution in [0.4, 0.5) is 11.4 Å². The maximum Gasteiger partial charge on any atom is 0.291 e. The number of nitrogens with zero attached hydrogens (tertiary/aromatic N) is 2. The lowest BCUT2D eigenvalue weighted by Gasteiger charge is -2.37. The van der Waals surface area contributed by atoms with Gasteiger partial charge in [0.25, 0.3) is 5.91 Å². The predicted molar refractivity (Wildman–Crippen MR) is 107 cm³/mol. The van der Waals surface area contributed by atoms with Crippen LogP contribution >= 0.6 is 27.5 Å². The number of rotatable bonds is 5. The number of furan rings is 1. The SMILES string of the molecule is O=C(Nc1cccc(Cl)c1N1CCN(CC2CC2)CC1)c1ccc(Br)o1. The second-order valence-corrected chi connectivity index (χ2v) is 8.11. The van der Waals surface area contributed by atoms with Gasteiger partial charge < -0.3 is 14.6 Å². The summed E-state index contributed by atoms with van der Waals surface area (Å²) in [5.41, 5.74) is 1.60. The zero-order chi connectivity index (χ0) is 18.1. The second kappa shape index (κ2) is 7.62. The molecule has 138 valence electrons. The Bertz CT molecular complexity index is 798. The van der Waals surface area contributed by atoms with Crippen LogP contribution in [0.1, 0.15) is 23.4 Å². The van der Waals surface area contributed by atoms with Crippen molar-refractivity contribution in [2.45, 2.75) is 12.8 Å². The van der Waals surface area contributed by atoms with Crippen LogP contribution < -0.4 is 10.2 Å². The van der Waals surface area contributed by atoms with Crippen molar-refractivity contribution in [3.05, 3.63) is 45.8 Å². The fourth-order valence-electron chi connectivity index (χ4n) is 3.38. The molecule has 0 atom stereocenters. The van der Waals surface area contributed by atoms with Gasteiger partial charge in [-0.1, -0.05) is 17.7 Å². The highest BCUT2D eigenvalue weighted by molar-refractivity contribution is 9.10. The summed E-state index contributed by atoms with van der Waals surface area (Å²) in [5, 5.41) is 3.59. The first kappa shape index (κ1) is 17.9. The average Bonchev–Trinajstić information content (AvgIpc) is 3.33. The Kier molecular flexibility index (Phi) is 5.25. The lowest BCUT2D eigenvalue weighted by molar-refractivity contribution is 0.0995. The first-order chi connectivity index (χ1) is 12.6. The number of halogens is 2. The van der Waals surface area contributed by atoms with E-state index in [1.165, 1.54) is 19.4 Å². The number of anilines is 2. The minimum absolute atomic E-state index is 0.261. The summed E-state index contributed by atoms with van der Waals surface area (Å²) in [6.45, 7) is 5.09. The van der Waals surface area contributed by atoms with Gasteiger partial charge in [0.1, 0.15) is 0 Å². The van der Waals surface area contributed by atoms with Gasteiger partial charge in [-0.15, -0.1) is 0 Å². The fraction of sp³-hybridized carbons (Fsp3) is 0.421. The van der Waals surface area contributed by atoms with E-state index in [-0.39, 0.29) is 11.7 Å². The number of nitrogens with one attached hydrogen (secondary N) is 1. The number of carbonyl (C=O) groups is 1. The molecular weight excluding hydrogens is 418 g/mol. The zero-order valence-electron chi connectivity index (χ0n) is 14.4. The summed E-state index contributed by atoms with van der Waals surface area (Å²) in [6.07, 6.45) is 2.76. The molecule has 2 aliphatic rings. The molecule has 2 heterocycles. The molecule has 1 aliphatic carbocycles. The number of hydrogen-bond donors (Lipinski definition) is 1. The maximum atomic E-state index is 12.5. The molecule has 1 saturated carbocycles. The van der Waals surface area contributed by atoms with Crippen LogP contribution in [0, 0.1) is 5.92 Å². The van der Waals surface area contributed by atoms with Crippen LogP contribution in [0.5, 0.6) is 0 Å². The van der Waals surface area contributed by atoms with E-state index in [2.05, 4.69) is 31.0 Å². The maximum absolute atomic E-state index is 12.5. The molecule has 1 aliphatic heterocycles. The topological polar surface area (TPSA) is 48.7 Å². The van der Waals surface area contributed by atoms with Crippen molar-refractivity contribution in [1.82, 2.24) is 4.90 Å². The smallest absolute Gasteiger partial charge is 0.291 e. The van der Waals surface area contributed by atoms with Gasteiger partial charge in [0.2, 0.25) is 0 Å². The zero-order valence-corrected chi connectivity index (χ0v) is 16.7. The Morgan fingerprint density at radius 2 is 1.96 bits per heavy atom. The molecule has 5 nitrogen and oxygen atoms in total. The van der Waals surface area contributed by atoms with Gasteiger partial charge in [0.05, 0.1) is 16.4 Å². The number of piperazine rings is 1. The molecule has 4 rings (SSSR count). The van der Waals surface area contributed by atoms with Crippen molar-refractivity contribution in [1.29, 1.82) is 0 Å². The van der Waals surface area contributed by atoms with E-state index in [0.717, 1.165) is 37.8 Å². The van der Waals surface area contributed by atoms with Gasteiger partial charge in [0.15, 0.2) is 10.4 Å². The molecular formula is C19H21BrClN3O2. The molecule has 0 spiro atoms. The molecule has 2 aromatic rings. The highest BCUT2D eigenvalue weighted by Gasteiger charge is 2.27. The van der Waals surface area contributed by atoms with E-state index in [0.29, 0.717) is 15.4 Å². The summed E-state index contributed by atoms with van der Waals surface area (Å²) >= 11 is 9.71. The Morgan fingerprint density at radius 1 is 1.19 bits per heavy atom. The predicted octanol–water partition coefficient (Wildman–Crippen LogP) is 4.48. The summed E-state index contributed by atoms with van der Waals surface area (Å²) in [6, 6.07) is 8.94. The average molecular weight is 439 g/mol. The summed E-state index contributed by atoms with van der Waals surface area (Å²) in [5.74, 6) is 0.882. The summed E-state index contributed by atoms with van der Waals surface area (Å²) in [7, 11) is 0. The van der Waals surface area contributed by atoms with Crippen LogP contribution in [-0.2, 0) is 0 Å². The van der Waals surface area contributed by atoms with Crippen LogP contribution in [0.2, 0.25) is 5.02 Å². The Hall–Kier alpha value is -1.50. The molecule has 1 amide bonds. The third kappa shape index (κ3) is 4.08. The highest BCUT2D eigenvalue weighted by Crippen LogP contribution is 2.36. The lowest BCUT2D eigenvalue weighted by atomic mass is 10.2. The monoisotopic (exact) mass is 437 g/mol. The number of amides is 1. The largest absolute Gasteiger partial charge is 0.444 e. The van der Waals surface area contributed by atoms with Crippen LogP contribution in [0.25, 0.3) is 0 Å². The minimum atomic E-state index is -0.286. The van der Waals surface area contributed by atoms with Crippen LogP contribution in [-0.4, -0.2) is 43.5 Å². The van der Waals surface area contributed by atoms with Crippen molar-refractivity contribution in [3.8, 4) is 0 Å². The third-order valence-corrected chi connectivity index (χ3v) is 5.67. The Balaban J connectivity index is 1.48. The van der Waals surface area contributed by atoms with Crippen molar-refractivity contribution in [2.75, 3.05) is 42.9 Å². The summed E-state index contributed by atoms with van der Waals surface area (Å²) in [4.78, 5) is 17.3. The number of benzene rings is 1. The van der Waals surface area contributed by atoms with Gasteiger partial charge >= 0.3 is 0 Å². The summed E-state index contributed by atoms with van der Waals surface area (Å²) < 4.78 is 5.87. The van der Waals surface area contributed by atoms with Gasteiger partial charge in [-0.05, 0) is 59.0 Å². The molecule has 0 bridgehead atoms. The number of para-hydroxylation sites is 1. The lowest BCUT2D eigenvalue weighted by Crippen LogP contribution is -2.47. The van der Waals surface area contributed by atoms with E-state index < -0.39 is 0 Å². The van der Waals surface area contributed by atoms with E-state index in [4.69, 9.17) is 16.0 Å². The number of hydrogen-bond acceptors (Lipinski definition) is 4. The van der Waals surface area contributed by atoms with Gasteiger partial charge in [0, 0.05) is 32.7 Å². The Morgan fingerprint density at radius 3 is 2.62 bits per heavy atom. The molecule has 26 heavy (non-hydrogen) atoms. The van der Waals surface area contributed by atoms with Crippen molar-refractivity contribution in [2.24, 2.45) is 5.92 Å². The first-order valence-electron chi connectivity index (χ1n) is 8.92. The van der Waals surface area contributed by atoms with Gasteiger partial charge in [-0.2, -0.15) is 0 Å². The quantitative estimate of drug-likeness (QED) is 0.748. The second-order valence-electron chi connectivity index (χ2n) is 6.92.